The molecule has 22 heavy (non-hydrogen) atoms. The van der Waals surface area contributed by atoms with Crippen molar-refractivity contribution in [3.8, 4) is 16.9 Å². The Morgan fingerprint density at radius 3 is 2.77 bits per heavy atom. The zero-order valence-corrected chi connectivity index (χ0v) is 13.7. The van der Waals surface area contributed by atoms with Crippen LogP contribution in [0.4, 0.5) is 4.39 Å². The van der Waals surface area contributed by atoms with Crippen molar-refractivity contribution < 1.29 is 9.13 Å². The molecule has 0 amide bonds. The van der Waals surface area contributed by atoms with E-state index in [4.69, 9.17) is 16.3 Å². The molecule has 3 rings (SSSR count). The van der Waals surface area contributed by atoms with Gasteiger partial charge in [-0.15, -0.1) is 12.4 Å². The molecule has 0 unspecified atom stereocenters. The zero-order valence-electron chi connectivity index (χ0n) is 12.1. The molecule has 3 nitrogen and oxygen atoms in total. The van der Waals surface area contributed by atoms with Gasteiger partial charge < -0.3 is 10.1 Å². The second-order valence-corrected chi connectivity index (χ2v) is 5.70. The molecule has 2 aromatic rings. The van der Waals surface area contributed by atoms with Crippen LogP contribution in [0.1, 0.15) is 12.8 Å². The van der Waals surface area contributed by atoms with Gasteiger partial charge in [-0.1, -0.05) is 23.7 Å². The van der Waals surface area contributed by atoms with Crippen LogP contribution in [-0.2, 0) is 0 Å². The molecule has 1 saturated carbocycles. The first-order valence-corrected chi connectivity index (χ1v) is 7.23. The highest BCUT2D eigenvalue weighted by Gasteiger charge is 2.41. The third-order valence-electron chi connectivity index (χ3n) is 3.85. The van der Waals surface area contributed by atoms with E-state index >= 15 is 0 Å². The Morgan fingerprint density at radius 1 is 1.36 bits per heavy atom. The van der Waals surface area contributed by atoms with Crippen molar-refractivity contribution in [2.24, 2.45) is 0 Å². The molecule has 6 heteroatoms. The monoisotopic (exact) mass is 342 g/mol. The lowest BCUT2D eigenvalue weighted by Crippen LogP contribution is -2.33. The molecular weight excluding hydrogens is 326 g/mol. The normalized spacial score (nSPS) is 15.0. The van der Waals surface area contributed by atoms with E-state index in [9.17, 15) is 4.39 Å². The molecule has 0 bridgehead atoms. The number of ether oxygens (including phenoxy) is 1. The third kappa shape index (κ3) is 3.69. The molecule has 0 radical (unpaired) electrons. The fraction of sp³-hybridized carbons (Fsp3) is 0.312. The van der Waals surface area contributed by atoms with Crippen molar-refractivity contribution in [2.75, 3.05) is 13.7 Å². The lowest BCUT2D eigenvalue weighted by molar-refractivity contribution is 0.259. The van der Waals surface area contributed by atoms with Gasteiger partial charge in [-0.05, 0) is 43.7 Å². The number of likely N-dealkylation sites (N-methyl/N-ethyl adjacent to an activating group) is 1. The zero-order chi connectivity index (χ0) is 14.9. The molecule has 1 fully saturated rings. The molecule has 1 aromatic carbocycles. The predicted octanol–water partition coefficient (Wildman–Crippen LogP) is 4.09. The highest BCUT2D eigenvalue weighted by Crippen LogP contribution is 2.36. The number of rotatable bonds is 5. The van der Waals surface area contributed by atoms with E-state index in [1.807, 2.05) is 7.05 Å². The van der Waals surface area contributed by atoms with Crippen molar-refractivity contribution >= 4 is 24.0 Å². The summed E-state index contributed by atoms with van der Waals surface area (Å²) in [5, 5.41) is 3.60. The number of nitrogens with zero attached hydrogens (tertiary/aromatic N) is 1. The third-order valence-corrected chi connectivity index (χ3v) is 4.15. The van der Waals surface area contributed by atoms with Gasteiger partial charge in [-0.25, -0.2) is 9.37 Å². The second kappa shape index (κ2) is 6.82. The minimum Gasteiger partial charge on any atom is -0.490 e. The fourth-order valence-electron chi connectivity index (χ4n) is 2.21. The van der Waals surface area contributed by atoms with E-state index in [2.05, 4.69) is 10.3 Å². The smallest absolute Gasteiger partial charge is 0.138 e. The van der Waals surface area contributed by atoms with Crippen molar-refractivity contribution in [1.82, 2.24) is 10.3 Å². The summed E-state index contributed by atoms with van der Waals surface area (Å²) in [6.07, 6.45) is 3.82. The molecule has 118 valence electrons. The molecule has 1 aliphatic carbocycles. The summed E-state index contributed by atoms with van der Waals surface area (Å²) in [7, 11) is 1.94. The van der Waals surface area contributed by atoms with Gasteiger partial charge in [-0.2, -0.15) is 0 Å². The van der Waals surface area contributed by atoms with Gasteiger partial charge in [0.05, 0.1) is 11.7 Å². The Morgan fingerprint density at radius 2 is 2.14 bits per heavy atom. The summed E-state index contributed by atoms with van der Waals surface area (Å²) >= 11 is 6.11. The summed E-state index contributed by atoms with van der Waals surface area (Å²) < 4.78 is 19.1. The van der Waals surface area contributed by atoms with E-state index in [1.165, 1.54) is 12.1 Å². The highest BCUT2D eigenvalue weighted by molar-refractivity contribution is 6.32. The molecule has 0 aliphatic heterocycles. The molecule has 0 spiro atoms. The van der Waals surface area contributed by atoms with Gasteiger partial charge in [0, 0.05) is 5.56 Å². The first-order chi connectivity index (χ1) is 10.1. The summed E-state index contributed by atoms with van der Waals surface area (Å²) in [5.41, 5.74) is 1.45. The number of hydrogen-bond acceptors (Lipinski definition) is 3. The maximum absolute atomic E-state index is 13.3. The van der Waals surface area contributed by atoms with Gasteiger partial charge >= 0.3 is 0 Å². The lowest BCUT2D eigenvalue weighted by atomic mass is 10.1. The Bertz CT molecular complexity index is 662. The van der Waals surface area contributed by atoms with Crippen LogP contribution in [0.25, 0.3) is 11.1 Å². The van der Waals surface area contributed by atoms with E-state index < -0.39 is 0 Å². The molecule has 0 saturated heterocycles. The molecule has 0 atom stereocenters. The Balaban J connectivity index is 0.00000176. The van der Waals surface area contributed by atoms with Gasteiger partial charge in [-0.3, -0.25) is 0 Å². The van der Waals surface area contributed by atoms with Gasteiger partial charge in [0.1, 0.15) is 23.3 Å². The largest absolute Gasteiger partial charge is 0.490 e. The van der Waals surface area contributed by atoms with Gasteiger partial charge in [0.2, 0.25) is 0 Å². The Labute approximate surface area is 140 Å². The molecular formula is C16H17Cl2FN2O. The van der Waals surface area contributed by atoms with Crippen molar-refractivity contribution in [3.63, 3.8) is 0 Å². The predicted molar refractivity (Wildman–Crippen MR) is 88.4 cm³/mol. The van der Waals surface area contributed by atoms with Crippen LogP contribution in [0.2, 0.25) is 5.15 Å². The van der Waals surface area contributed by atoms with E-state index in [0.717, 1.165) is 12.8 Å². The van der Waals surface area contributed by atoms with Crippen molar-refractivity contribution in [2.45, 2.75) is 18.4 Å². The average molecular weight is 343 g/mol. The van der Waals surface area contributed by atoms with Crippen LogP contribution in [0.15, 0.2) is 36.5 Å². The summed E-state index contributed by atoms with van der Waals surface area (Å²) in [6, 6.07) is 8.08. The minimum absolute atomic E-state index is 0. The number of halogens is 3. The number of benzene rings is 1. The standard InChI is InChI=1S/C16H16ClFN2O.ClH/c1-19-16(5-6-16)10-21-13-8-14(15(17)20-9-13)11-3-2-4-12(18)7-11;/h2-4,7-9,19H,5-6,10H2,1H3;1H. The second-order valence-electron chi connectivity index (χ2n) is 5.34. The molecule has 1 heterocycles. The van der Waals surface area contributed by atoms with Crippen molar-refractivity contribution in [3.05, 3.63) is 47.5 Å². The number of pyridine rings is 1. The van der Waals surface area contributed by atoms with E-state index in [-0.39, 0.29) is 23.8 Å². The summed E-state index contributed by atoms with van der Waals surface area (Å²) in [5.74, 6) is 0.335. The quantitative estimate of drug-likeness (QED) is 0.831. The maximum atomic E-state index is 13.3. The topological polar surface area (TPSA) is 34.1 Å². The SMILES string of the molecule is CNC1(COc2cnc(Cl)c(-c3cccc(F)c3)c2)CC1.Cl. The van der Waals surface area contributed by atoms with E-state index in [1.54, 1.807) is 24.4 Å². The van der Waals surface area contributed by atoms with E-state index in [0.29, 0.717) is 28.6 Å². The minimum atomic E-state index is -0.304. The van der Waals surface area contributed by atoms with Crippen LogP contribution < -0.4 is 10.1 Å². The first-order valence-electron chi connectivity index (χ1n) is 6.85. The molecule has 1 aromatic heterocycles. The molecule has 1 aliphatic rings. The Hall–Kier alpha value is -1.36. The maximum Gasteiger partial charge on any atom is 0.138 e. The number of nitrogens with one attached hydrogen (secondary N) is 1. The van der Waals surface area contributed by atoms with Gasteiger partial charge in [0.15, 0.2) is 0 Å². The summed E-state index contributed by atoms with van der Waals surface area (Å²) in [6.45, 7) is 0.593. The Kier molecular flexibility index (Phi) is 5.27. The lowest BCUT2D eigenvalue weighted by Gasteiger charge is -2.15. The van der Waals surface area contributed by atoms with Crippen LogP contribution >= 0.6 is 24.0 Å². The van der Waals surface area contributed by atoms with Crippen molar-refractivity contribution in [1.29, 1.82) is 0 Å². The van der Waals surface area contributed by atoms with Crippen LogP contribution in [0.3, 0.4) is 0 Å². The highest BCUT2D eigenvalue weighted by atomic mass is 35.5. The van der Waals surface area contributed by atoms with Crippen LogP contribution in [0.5, 0.6) is 5.75 Å². The average Bonchev–Trinajstić information content (AvgIpc) is 3.27. The first kappa shape index (κ1) is 17.0. The molecule has 1 N–H and O–H groups in total. The fourth-order valence-corrected chi connectivity index (χ4v) is 2.42. The van der Waals surface area contributed by atoms with Crippen LogP contribution in [-0.4, -0.2) is 24.2 Å². The number of aromatic nitrogens is 1. The van der Waals surface area contributed by atoms with Crippen LogP contribution in [0, 0.1) is 5.82 Å². The van der Waals surface area contributed by atoms with Gasteiger partial charge in [0.25, 0.3) is 0 Å². The summed E-state index contributed by atoms with van der Waals surface area (Å²) in [4.78, 5) is 4.13. The number of hydrogen-bond donors (Lipinski definition) is 1.